The van der Waals surface area contributed by atoms with Gasteiger partial charge in [0, 0.05) is 13.0 Å². The summed E-state index contributed by atoms with van der Waals surface area (Å²) in [6.07, 6.45) is -5.10. The molecule has 0 saturated carbocycles. The lowest BCUT2D eigenvalue weighted by Gasteiger charge is -2.29. The third-order valence-electron chi connectivity index (χ3n) is 4.33. The fourth-order valence-electron chi connectivity index (χ4n) is 3.03. The number of benzene rings is 1. The van der Waals surface area contributed by atoms with Crippen molar-refractivity contribution in [3.05, 3.63) is 29.8 Å². The summed E-state index contributed by atoms with van der Waals surface area (Å²) < 4.78 is 43.1. The molecule has 7 heteroatoms. The highest BCUT2D eigenvalue weighted by molar-refractivity contribution is 5.76. The molecule has 1 fully saturated rings. The lowest BCUT2D eigenvalue weighted by Crippen LogP contribution is -2.49. The van der Waals surface area contributed by atoms with Crippen molar-refractivity contribution in [1.29, 1.82) is 0 Å². The summed E-state index contributed by atoms with van der Waals surface area (Å²) >= 11 is 0. The maximum Gasteiger partial charge on any atom is 0.416 e. The summed E-state index contributed by atoms with van der Waals surface area (Å²) in [4.78, 5) is 13.4. The van der Waals surface area contributed by atoms with Crippen LogP contribution < -0.4 is 4.74 Å². The van der Waals surface area contributed by atoms with E-state index in [1.807, 2.05) is 24.3 Å². The minimum Gasteiger partial charge on any atom is -0.497 e. The van der Waals surface area contributed by atoms with Gasteiger partial charge in [0.15, 0.2) is 6.10 Å². The van der Waals surface area contributed by atoms with Crippen LogP contribution in [0.1, 0.15) is 31.2 Å². The van der Waals surface area contributed by atoms with Gasteiger partial charge in [-0.25, -0.2) is 0 Å². The van der Waals surface area contributed by atoms with Crippen LogP contribution in [0.25, 0.3) is 0 Å². The van der Waals surface area contributed by atoms with Crippen LogP contribution in [0.4, 0.5) is 13.2 Å². The topological polar surface area (TPSA) is 49.8 Å². The predicted molar refractivity (Wildman–Crippen MR) is 82.7 cm³/mol. The zero-order valence-corrected chi connectivity index (χ0v) is 13.6. The van der Waals surface area contributed by atoms with Gasteiger partial charge >= 0.3 is 6.18 Å². The van der Waals surface area contributed by atoms with E-state index in [0.717, 1.165) is 11.3 Å². The van der Waals surface area contributed by atoms with Crippen LogP contribution in [-0.4, -0.2) is 47.9 Å². The summed E-state index contributed by atoms with van der Waals surface area (Å²) in [5.74, 6) is 0.421. The molecule has 24 heavy (non-hydrogen) atoms. The molecule has 1 aliphatic rings. The minimum atomic E-state index is -4.70. The largest absolute Gasteiger partial charge is 0.497 e. The number of amides is 1. The van der Waals surface area contributed by atoms with E-state index >= 15 is 0 Å². The first-order valence-electron chi connectivity index (χ1n) is 8.00. The number of likely N-dealkylation sites (tertiary alicyclic amines) is 1. The Balaban J connectivity index is 1.84. The van der Waals surface area contributed by atoms with E-state index in [-0.39, 0.29) is 25.3 Å². The standard InChI is InChI=1S/C17H22F3NO3/c1-24-13-9-7-12(8-10-13)4-2-6-15(22)21-11-3-5-14(21)16(23)17(18,19)20/h7-10,14,16,23H,2-6,11H2,1H3/t14?,16-/m0/s1. The average Bonchev–Trinajstić information content (AvgIpc) is 3.03. The van der Waals surface area contributed by atoms with Gasteiger partial charge in [0.05, 0.1) is 13.2 Å². The van der Waals surface area contributed by atoms with Crippen LogP contribution in [0.5, 0.6) is 5.75 Å². The fraction of sp³-hybridized carbons (Fsp3) is 0.588. The highest BCUT2D eigenvalue weighted by atomic mass is 19.4. The minimum absolute atomic E-state index is 0.174. The SMILES string of the molecule is COc1ccc(CCCC(=O)N2CCCC2[C@H](O)C(F)(F)F)cc1. The number of hydrogen-bond acceptors (Lipinski definition) is 3. The molecule has 1 unspecified atom stereocenters. The van der Waals surface area contributed by atoms with Crippen LogP contribution in [-0.2, 0) is 11.2 Å². The Hall–Kier alpha value is -1.76. The van der Waals surface area contributed by atoms with Gasteiger partial charge in [-0.3, -0.25) is 4.79 Å². The van der Waals surface area contributed by atoms with E-state index in [0.29, 0.717) is 19.3 Å². The summed E-state index contributed by atoms with van der Waals surface area (Å²) in [6.45, 7) is 0.277. The molecule has 1 aromatic carbocycles. The molecule has 1 N–H and O–H groups in total. The van der Waals surface area contributed by atoms with Gasteiger partial charge in [-0.05, 0) is 43.4 Å². The van der Waals surface area contributed by atoms with Crippen LogP contribution in [0.2, 0.25) is 0 Å². The molecule has 1 saturated heterocycles. The van der Waals surface area contributed by atoms with Crippen LogP contribution in [0.3, 0.4) is 0 Å². The third-order valence-corrected chi connectivity index (χ3v) is 4.33. The van der Waals surface area contributed by atoms with Gasteiger partial charge in [-0.2, -0.15) is 13.2 Å². The maximum absolute atomic E-state index is 12.7. The van der Waals surface area contributed by atoms with Gasteiger partial charge in [0.25, 0.3) is 0 Å². The molecular formula is C17H22F3NO3. The fourth-order valence-corrected chi connectivity index (χ4v) is 3.03. The molecule has 1 aromatic rings. The number of methoxy groups -OCH3 is 1. The quantitative estimate of drug-likeness (QED) is 0.862. The Kier molecular flexibility index (Phi) is 6.10. The van der Waals surface area contributed by atoms with Crippen LogP contribution >= 0.6 is 0 Å². The van der Waals surface area contributed by atoms with Gasteiger partial charge in [0.2, 0.25) is 5.91 Å². The Bertz CT molecular complexity index is 545. The number of carbonyl (C=O) groups excluding carboxylic acids is 1. The Morgan fingerprint density at radius 1 is 1.38 bits per heavy atom. The Morgan fingerprint density at radius 2 is 2.04 bits per heavy atom. The van der Waals surface area contributed by atoms with Gasteiger partial charge in [-0.15, -0.1) is 0 Å². The van der Waals surface area contributed by atoms with Crippen molar-refractivity contribution in [2.24, 2.45) is 0 Å². The first kappa shape index (κ1) is 18.6. The second-order valence-electron chi connectivity index (χ2n) is 5.98. The zero-order valence-electron chi connectivity index (χ0n) is 13.6. The summed E-state index contributed by atoms with van der Waals surface area (Å²) in [5, 5.41) is 9.43. The van der Waals surface area contributed by atoms with Crippen molar-refractivity contribution in [3.63, 3.8) is 0 Å². The molecule has 2 rings (SSSR count). The predicted octanol–water partition coefficient (Wildman–Crippen LogP) is 2.93. The van der Waals surface area contributed by atoms with Crippen LogP contribution in [0.15, 0.2) is 24.3 Å². The second-order valence-corrected chi connectivity index (χ2v) is 5.98. The summed E-state index contributed by atoms with van der Waals surface area (Å²) in [5.41, 5.74) is 1.04. The molecule has 0 radical (unpaired) electrons. The number of aryl methyl sites for hydroxylation is 1. The number of aliphatic hydroxyl groups is 1. The van der Waals surface area contributed by atoms with E-state index in [1.54, 1.807) is 7.11 Å². The first-order chi connectivity index (χ1) is 11.3. The lowest BCUT2D eigenvalue weighted by molar-refractivity contribution is -0.219. The molecule has 0 aromatic heterocycles. The van der Waals surface area contributed by atoms with Crippen molar-refractivity contribution in [2.45, 2.75) is 50.4 Å². The number of carbonyl (C=O) groups is 1. The average molecular weight is 345 g/mol. The monoisotopic (exact) mass is 345 g/mol. The molecule has 1 amide bonds. The van der Waals surface area contributed by atoms with E-state index in [2.05, 4.69) is 0 Å². The number of nitrogens with zero attached hydrogens (tertiary/aromatic N) is 1. The van der Waals surface area contributed by atoms with E-state index < -0.39 is 18.3 Å². The molecule has 1 aliphatic heterocycles. The molecular weight excluding hydrogens is 323 g/mol. The van der Waals surface area contributed by atoms with E-state index in [1.165, 1.54) is 4.90 Å². The zero-order chi connectivity index (χ0) is 17.7. The number of rotatable bonds is 6. The van der Waals surface area contributed by atoms with Gasteiger partial charge in [0.1, 0.15) is 5.75 Å². The third kappa shape index (κ3) is 4.63. The smallest absolute Gasteiger partial charge is 0.416 e. The van der Waals surface area contributed by atoms with Crippen molar-refractivity contribution in [3.8, 4) is 5.75 Å². The van der Waals surface area contributed by atoms with E-state index in [9.17, 15) is 23.1 Å². The highest BCUT2D eigenvalue weighted by Gasteiger charge is 2.48. The summed E-state index contributed by atoms with van der Waals surface area (Å²) in [7, 11) is 1.58. The van der Waals surface area contributed by atoms with Gasteiger partial charge in [-0.1, -0.05) is 12.1 Å². The van der Waals surface area contributed by atoms with Gasteiger partial charge < -0.3 is 14.7 Å². The highest BCUT2D eigenvalue weighted by Crippen LogP contribution is 2.31. The number of halogens is 3. The Morgan fingerprint density at radius 3 is 2.62 bits per heavy atom. The molecule has 4 nitrogen and oxygen atoms in total. The van der Waals surface area contributed by atoms with Crippen LogP contribution in [0, 0.1) is 0 Å². The van der Waals surface area contributed by atoms with E-state index in [4.69, 9.17) is 4.74 Å². The maximum atomic E-state index is 12.7. The Labute approximate surface area is 139 Å². The van der Waals surface area contributed by atoms with Crippen molar-refractivity contribution in [2.75, 3.05) is 13.7 Å². The second kappa shape index (κ2) is 7.88. The number of ether oxygens (including phenoxy) is 1. The van der Waals surface area contributed by atoms with Crippen molar-refractivity contribution >= 4 is 5.91 Å². The first-order valence-corrected chi connectivity index (χ1v) is 8.00. The van der Waals surface area contributed by atoms with Crippen molar-refractivity contribution in [1.82, 2.24) is 4.90 Å². The van der Waals surface area contributed by atoms with Crippen molar-refractivity contribution < 1.29 is 27.8 Å². The molecule has 2 atom stereocenters. The molecule has 0 bridgehead atoms. The number of alkyl halides is 3. The normalized spacial score (nSPS) is 19.4. The number of hydrogen-bond donors (Lipinski definition) is 1. The molecule has 0 spiro atoms. The molecule has 0 aliphatic carbocycles. The molecule has 134 valence electrons. The molecule has 1 heterocycles. The summed E-state index contributed by atoms with van der Waals surface area (Å²) in [6, 6.07) is 6.30. The number of aliphatic hydroxyl groups excluding tert-OH is 1. The lowest BCUT2D eigenvalue weighted by atomic mass is 10.1.